The lowest BCUT2D eigenvalue weighted by molar-refractivity contribution is 0.213. The van der Waals surface area contributed by atoms with Crippen molar-refractivity contribution in [3.05, 3.63) is 34.3 Å². The van der Waals surface area contributed by atoms with Crippen LogP contribution >= 0.6 is 15.9 Å². The Morgan fingerprint density at radius 3 is 2.83 bits per heavy atom. The zero-order valence-electron chi connectivity index (χ0n) is 7.04. The molecule has 0 bridgehead atoms. The maximum absolute atomic E-state index is 4.67. The van der Waals surface area contributed by atoms with Crippen LogP contribution in [0.3, 0.4) is 0 Å². The van der Waals surface area contributed by atoms with Crippen LogP contribution in [0.1, 0.15) is 12.5 Å². The SMILES string of the molecule is CON=C(C)c1cccc(Br)c1. The summed E-state index contributed by atoms with van der Waals surface area (Å²) in [4.78, 5) is 4.67. The summed E-state index contributed by atoms with van der Waals surface area (Å²) < 4.78 is 1.05. The summed E-state index contributed by atoms with van der Waals surface area (Å²) in [5, 5.41) is 3.83. The van der Waals surface area contributed by atoms with Gasteiger partial charge in [-0.15, -0.1) is 0 Å². The van der Waals surface area contributed by atoms with Gasteiger partial charge < -0.3 is 4.84 Å². The van der Waals surface area contributed by atoms with Crippen molar-refractivity contribution in [3.8, 4) is 0 Å². The first kappa shape index (κ1) is 9.26. The van der Waals surface area contributed by atoms with Crippen LogP contribution in [0.4, 0.5) is 0 Å². The average molecular weight is 228 g/mol. The molecular weight excluding hydrogens is 218 g/mol. The second-order valence-corrected chi connectivity index (χ2v) is 3.29. The summed E-state index contributed by atoms with van der Waals surface area (Å²) in [7, 11) is 1.54. The van der Waals surface area contributed by atoms with Crippen LogP contribution in [0.25, 0.3) is 0 Å². The monoisotopic (exact) mass is 227 g/mol. The van der Waals surface area contributed by atoms with Crippen molar-refractivity contribution in [2.75, 3.05) is 7.11 Å². The van der Waals surface area contributed by atoms with Gasteiger partial charge >= 0.3 is 0 Å². The molecule has 0 saturated carbocycles. The normalized spacial score (nSPS) is 11.4. The molecule has 0 aliphatic rings. The third-order valence-corrected chi connectivity index (χ3v) is 1.96. The highest BCUT2D eigenvalue weighted by molar-refractivity contribution is 9.10. The topological polar surface area (TPSA) is 21.6 Å². The molecule has 3 heteroatoms. The van der Waals surface area contributed by atoms with Crippen LogP contribution in [0.5, 0.6) is 0 Å². The molecule has 64 valence electrons. The van der Waals surface area contributed by atoms with Crippen LogP contribution in [0.15, 0.2) is 33.9 Å². The maximum Gasteiger partial charge on any atom is 0.106 e. The number of halogens is 1. The Bertz CT molecular complexity index is 296. The number of oxime groups is 1. The summed E-state index contributed by atoms with van der Waals surface area (Å²) in [5.41, 5.74) is 1.94. The van der Waals surface area contributed by atoms with E-state index in [1.807, 2.05) is 31.2 Å². The third kappa shape index (κ3) is 2.34. The second-order valence-electron chi connectivity index (χ2n) is 2.37. The minimum Gasteiger partial charge on any atom is -0.399 e. The van der Waals surface area contributed by atoms with E-state index in [4.69, 9.17) is 0 Å². The van der Waals surface area contributed by atoms with E-state index in [1.165, 1.54) is 0 Å². The molecule has 0 radical (unpaired) electrons. The van der Waals surface area contributed by atoms with Gasteiger partial charge in [0, 0.05) is 10.0 Å². The van der Waals surface area contributed by atoms with Gasteiger partial charge in [0.25, 0.3) is 0 Å². The molecule has 0 aliphatic carbocycles. The molecule has 0 aliphatic heterocycles. The van der Waals surface area contributed by atoms with E-state index >= 15 is 0 Å². The van der Waals surface area contributed by atoms with Gasteiger partial charge in [-0.05, 0) is 19.1 Å². The van der Waals surface area contributed by atoms with E-state index in [-0.39, 0.29) is 0 Å². The van der Waals surface area contributed by atoms with Crippen molar-refractivity contribution >= 4 is 21.6 Å². The molecule has 1 rings (SSSR count). The maximum atomic E-state index is 4.67. The Morgan fingerprint density at radius 1 is 1.50 bits per heavy atom. The van der Waals surface area contributed by atoms with Crippen molar-refractivity contribution in [2.24, 2.45) is 5.16 Å². The smallest absolute Gasteiger partial charge is 0.106 e. The summed E-state index contributed by atoms with van der Waals surface area (Å²) in [6.45, 7) is 1.91. The fraction of sp³-hybridized carbons (Fsp3) is 0.222. The molecule has 2 nitrogen and oxygen atoms in total. The quantitative estimate of drug-likeness (QED) is 0.563. The minimum atomic E-state index is 0.874. The molecule has 0 aromatic heterocycles. The van der Waals surface area contributed by atoms with Crippen molar-refractivity contribution in [3.63, 3.8) is 0 Å². The van der Waals surface area contributed by atoms with Gasteiger partial charge in [0.2, 0.25) is 0 Å². The first-order valence-corrected chi connectivity index (χ1v) is 4.37. The van der Waals surface area contributed by atoms with E-state index in [1.54, 1.807) is 7.11 Å². The lowest BCUT2D eigenvalue weighted by atomic mass is 10.1. The number of benzene rings is 1. The lowest BCUT2D eigenvalue weighted by Crippen LogP contribution is -1.94. The van der Waals surface area contributed by atoms with Gasteiger partial charge in [0.15, 0.2) is 0 Å². The van der Waals surface area contributed by atoms with E-state index < -0.39 is 0 Å². The molecule has 0 amide bonds. The highest BCUT2D eigenvalue weighted by Gasteiger charge is 1.97. The third-order valence-electron chi connectivity index (χ3n) is 1.47. The summed E-state index contributed by atoms with van der Waals surface area (Å²) >= 11 is 3.39. The molecular formula is C9H10BrNO. The van der Waals surface area contributed by atoms with Crippen molar-refractivity contribution < 1.29 is 4.84 Å². The zero-order chi connectivity index (χ0) is 8.97. The zero-order valence-corrected chi connectivity index (χ0v) is 8.63. The molecule has 0 atom stereocenters. The van der Waals surface area contributed by atoms with E-state index in [0.717, 1.165) is 15.7 Å². The Balaban J connectivity index is 2.95. The summed E-state index contributed by atoms with van der Waals surface area (Å²) in [5.74, 6) is 0. The van der Waals surface area contributed by atoms with Crippen molar-refractivity contribution in [1.82, 2.24) is 0 Å². The van der Waals surface area contributed by atoms with E-state index in [9.17, 15) is 0 Å². The first-order chi connectivity index (χ1) is 5.74. The lowest BCUT2D eigenvalue weighted by Gasteiger charge is -1.99. The summed E-state index contributed by atoms with van der Waals surface area (Å²) in [6.07, 6.45) is 0. The van der Waals surface area contributed by atoms with Crippen LogP contribution in [0.2, 0.25) is 0 Å². The number of nitrogens with zero attached hydrogens (tertiary/aromatic N) is 1. The highest BCUT2D eigenvalue weighted by Crippen LogP contribution is 2.12. The molecule has 0 saturated heterocycles. The minimum absolute atomic E-state index is 0.874. The first-order valence-electron chi connectivity index (χ1n) is 3.57. The molecule has 12 heavy (non-hydrogen) atoms. The second kappa shape index (κ2) is 4.26. The van der Waals surface area contributed by atoms with E-state index in [2.05, 4.69) is 25.9 Å². The number of hydrogen-bond donors (Lipinski definition) is 0. The number of hydrogen-bond acceptors (Lipinski definition) is 2. The Kier molecular flexibility index (Phi) is 3.29. The van der Waals surface area contributed by atoms with Crippen LogP contribution < -0.4 is 0 Å². The van der Waals surface area contributed by atoms with Crippen LogP contribution in [-0.4, -0.2) is 12.8 Å². The van der Waals surface area contributed by atoms with Gasteiger partial charge in [-0.3, -0.25) is 0 Å². The predicted octanol–water partition coefficient (Wildman–Crippen LogP) is 2.82. The van der Waals surface area contributed by atoms with Crippen LogP contribution in [-0.2, 0) is 4.84 Å². The Labute approximate surface area is 80.4 Å². The standard InChI is InChI=1S/C9H10BrNO/c1-7(11-12-2)8-4-3-5-9(10)6-8/h3-6H,1-2H3. The molecule has 0 spiro atoms. The fourth-order valence-corrected chi connectivity index (χ4v) is 1.30. The van der Waals surface area contributed by atoms with Gasteiger partial charge in [0.1, 0.15) is 7.11 Å². The average Bonchev–Trinajstić information content (AvgIpc) is 2.05. The fourth-order valence-electron chi connectivity index (χ4n) is 0.903. The Hall–Kier alpha value is -0.830. The molecule has 1 aromatic carbocycles. The number of rotatable bonds is 2. The molecule has 0 unspecified atom stereocenters. The van der Waals surface area contributed by atoms with E-state index in [0.29, 0.717) is 0 Å². The van der Waals surface area contributed by atoms with Gasteiger partial charge in [-0.1, -0.05) is 33.2 Å². The Morgan fingerprint density at radius 2 is 2.25 bits per heavy atom. The molecule has 0 N–H and O–H groups in total. The van der Waals surface area contributed by atoms with Gasteiger partial charge in [0.05, 0.1) is 5.71 Å². The molecule has 0 heterocycles. The van der Waals surface area contributed by atoms with Crippen molar-refractivity contribution in [2.45, 2.75) is 6.92 Å². The van der Waals surface area contributed by atoms with Gasteiger partial charge in [-0.25, -0.2) is 0 Å². The molecule has 1 aromatic rings. The highest BCUT2D eigenvalue weighted by atomic mass is 79.9. The van der Waals surface area contributed by atoms with Gasteiger partial charge in [-0.2, -0.15) is 0 Å². The van der Waals surface area contributed by atoms with Crippen LogP contribution in [0, 0.1) is 0 Å². The summed E-state index contributed by atoms with van der Waals surface area (Å²) in [6, 6.07) is 7.93. The molecule has 0 fully saturated rings. The van der Waals surface area contributed by atoms with Crippen molar-refractivity contribution in [1.29, 1.82) is 0 Å². The largest absolute Gasteiger partial charge is 0.399 e. The predicted molar refractivity (Wildman–Crippen MR) is 53.4 cm³/mol.